The molecule has 0 fully saturated rings. The van der Waals surface area contributed by atoms with Gasteiger partial charge >= 0.3 is 0 Å². The van der Waals surface area contributed by atoms with Crippen LogP contribution in [0.4, 0.5) is 0 Å². The maximum atomic E-state index is 5.75. The zero-order valence-corrected chi connectivity index (χ0v) is 10.9. The Bertz CT molecular complexity index is 382. The van der Waals surface area contributed by atoms with Crippen molar-refractivity contribution < 1.29 is 0 Å². The highest BCUT2D eigenvalue weighted by atomic mass is 14.6. The van der Waals surface area contributed by atoms with Crippen molar-refractivity contribution in [3.05, 3.63) is 47.7 Å². The Labute approximate surface area is 105 Å². The first kappa shape index (κ1) is 12.2. The summed E-state index contributed by atoms with van der Waals surface area (Å²) in [6, 6.07) is 0. The topological polar surface area (TPSA) is 26.0 Å². The summed E-state index contributed by atoms with van der Waals surface area (Å²) >= 11 is 0. The zero-order valence-electron chi connectivity index (χ0n) is 10.9. The Hall–Kier alpha value is -1.24. The van der Waals surface area contributed by atoms with Crippen LogP contribution in [0.15, 0.2) is 47.7 Å². The number of rotatable bonds is 3. The van der Waals surface area contributed by atoms with Crippen molar-refractivity contribution in [2.75, 3.05) is 0 Å². The maximum absolute atomic E-state index is 5.75. The van der Waals surface area contributed by atoms with E-state index in [2.05, 4.69) is 50.3 Å². The fraction of sp³-hybridized carbons (Fsp3) is 0.500. The molecule has 0 saturated heterocycles. The fourth-order valence-corrected chi connectivity index (χ4v) is 2.59. The average molecular weight is 229 g/mol. The third-order valence-corrected chi connectivity index (χ3v) is 3.57. The molecule has 2 atom stereocenters. The van der Waals surface area contributed by atoms with Crippen molar-refractivity contribution in [1.82, 2.24) is 0 Å². The highest BCUT2D eigenvalue weighted by molar-refractivity contribution is 5.27. The van der Waals surface area contributed by atoms with Crippen LogP contribution in [0.3, 0.4) is 0 Å². The summed E-state index contributed by atoms with van der Waals surface area (Å²) in [5.41, 5.74) is 8.17. The molecule has 2 aliphatic carbocycles. The van der Waals surface area contributed by atoms with Gasteiger partial charge in [-0.3, -0.25) is 0 Å². The van der Waals surface area contributed by atoms with Crippen molar-refractivity contribution >= 4 is 0 Å². The largest absolute Gasteiger partial charge is 0.399 e. The van der Waals surface area contributed by atoms with E-state index in [-0.39, 0.29) is 0 Å². The van der Waals surface area contributed by atoms with E-state index in [1.54, 1.807) is 0 Å². The highest BCUT2D eigenvalue weighted by Gasteiger charge is 2.19. The summed E-state index contributed by atoms with van der Waals surface area (Å²) in [5, 5.41) is 0. The number of hydrogen-bond donors (Lipinski definition) is 1. The minimum atomic E-state index is 0.635. The second kappa shape index (κ2) is 5.39. The van der Waals surface area contributed by atoms with Crippen molar-refractivity contribution in [2.24, 2.45) is 23.5 Å². The predicted molar refractivity (Wildman–Crippen MR) is 74.3 cm³/mol. The van der Waals surface area contributed by atoms with Crippen molar-refractivity contribution in [3.63, 3.8) is 0 Å². The van der Waals surface area contributed by atoms with Gasteiger partial charge in [-0.25, -0.2) is 0 Å². The van der Waals surface area contributed by atoms with E-state index in [0.29, 0.717) is 11.8 Å². The minimum absolute atomic E-state index is 0.635. The third kappa shape index (κ3) is 3.36. The molecule has 2 unspecified atom stereocenters. The van der Waals surface area contributed by atoms with Gasteiger partial charge in [0.25, 0.3) is 0 Å². The van der Waals surface area contributed by atoms with Gasteiger partial charge in [-0.1, -0.05) is 49.8 Å². The van der Waals surface area contributed by atoms with Gasteiger partial charge in [0.2, 0.25) is 0 Å². The molecular weight excluding hydrogens is 206 g/mol. The van der Waals surface area contributed by atoms with Crippen LogP contribution in [-0.2, 0) is 0 Å². The number of nitrogens with two attached hydrogens (primary N) is 1. The Morgan fingerprint density at radius 2 is 1.76 bits per heavy atom. The molecule has 2 rings (SSSR count). The molecule has 0 saturated carbocycles. The summed E-state index contributed by atoms with van der Waals surface area (Å²) in [7, 11) is 0. The molecule has 2 N–H and O–H groups in total. The third-order valence-electron chi connectivity index (χ3n) is 3.57. The maximum Gasteiger partial charge on any atom is 0.0270 e. The number of allylic oxidation sites excluding steroid dienone is 7. The smallest absolute Gasteiger partial charge is 0.0270 e. The van der Waals surface area contributed by atoms with Gasteiger partial charge in [0, 0.05) is 5.70 Å². The van der Waals surface area contributed by atoms with Gasteiger partial charge in [-0.2, -0.15) is 0 Å². The standard InChI is InChI=1S/C16H23N/c1-12(2)11-13-3-5-14(6-4-13)15-7-9-16(17)10-8-15/h3-5,7,9-10,12,14-15H,6,8,11,17H2,1-2H3. The van der Waals surface area contributed by atoms with Gasteiger partial charge in [0.15, 0.2) is 0 Å². The molecule has 1 heteroatoms. The molecule has 92 valence electrons. The molecule has 17 heavy (non-hydrogen) atoms. The Morgan fingerprint density at radius 3 is 2.24 bits per heavy atom. The van der Waals surface area contributed by atoms with Crippen LogP contribution in [0.2, 0.25) is 0 Å². The van der Waals surface area contributed by atoms with Crippen molar-refractivity contribution in [2.45, 2.75) is 33.1 Å². The first-order valence-electron chi connectivity index (χ1n) is 6.66. The van der Waals surface area contributed by atoms with Crippen LogP contribution in [0, 0.1) is 17.8 Å². The van der Waals surface area contributed by atoms with Crippen LogP contribution < -0.4 is 5.73 Å². The molecule has 0 aromatic carbocycles. The van der Waals surface area contributed by atoms with E-state index in [9.17, 15) is 0 Å². The lowest BCUT2D eigenvalue weighted by Crippen LogP contribution is -2.15. The molecular formula is C16H23N. The lowest BCUT2D eigenvalue weighted by atomic mass is 9.80. The molecule has 0 heterocycles. The molecule has 0 aliphatic heterocycles. The van der Waals surface area contributed by atoms with Crippen molar-refractivity contribution in [1.29, 1.82) is 0 Å². The van der Waals surface area contributed by atoms with E-state index in [1.165, 1.54) is 18.4 Å². The zero-order chi connectivity index (χ0) is 12.3. The summed E-state index contributed by atoms with van der Waals surface area (Å²) in [6.07, 6.45) is 17.1. The van der Waals surface area contributed by atoms with E-state index < -0.39 is 0 Å². The SMILES string of the molecule is CC(C)CC1=CCC(C2C=CC(N)=CC2)C=C1. The quantitative estimate of drug-likeness (QED) is 0.779. The van der Waals surface area contributed by atoms with E-state index in [0.717, 1.165) is 18.0 Å². The Kier molecular flexibility index (Phi) is 3.88. The molecule has 2 aliphatic rings. The van der Waals surface area contributed by atoms with Crippen molar-refractivity contribution in [3.8, 4) is 0 Å². The normalized spacial score (nSPS) is 28.2. The fourth-order valence-electron chi connectivity index (χ4n) is 2.59. The monoisotopic (exact) mass is 229 g/mol. The molecule has 0 radical (unpaired) electrons. The lowest BCUT2D eigenvalue weighted by molar-refractivity contribution is 0.472. The van der Waals surface area contributed by atoms with E-state index in [4.69, 9.17) is 5.73 Å². The van der Waals surface area contributed by atoms with Crippen LogP contribution in [0.5, 0.6) is 0 Å². The summed E-state index contributed by atoms with van der Waals surface area (Å²) < 4.78 is 0. The molecule has 0 spiro atoms. The predicted octanol–water partition coefficient (Wildman–Crippen LogP) is 3.95. The summed E-state index contributed by atoms with van der Waals surface area (Å²) in [6.45, 7) is 4.55. The second-order valence-electron chi connectivity index (χ2n) is 5.60. The second-order valence-corrected chi connectivity index (χ2v) is 5.60. The van der Waals surface area contributed by atoms with Gasteiger partial charge in [0.05, 0.1) is 0 Å². The molecule has 0 aromatic rings. The minimum Gasteiger partial charge on any atom is -0.399 e. The van der Waals surface area contributed by atoms with Gasteiger partial charge in [0.1, 0.15) is 0 Å². The van der Waals surface area contributed by atoms with Crippen LogP contribution in [0.1, 0.15) is 33.1 Å². The number of hydrogen-bond acceptors (Lipinski definition) is 1. The first-order valence-corrected chi connectivity index (χ1v) is 6.66. The Morgan fingerprint density at radius 1 is 1.12 bits per heavy atom. The van der Waals surface area contributed by atoms with Crippen LogP contribution in [-0.4, -0.2) is 0 Å². The Balaban J connectivity index is 1.90. The van der Waals surface area contributed by atoms with Gasteiger partial charge < -0.3 is 5.73 Å². The van der Waals surface area contributed by atoms with Crippen LogP contribution >= 0.6 is 0 Å². The average Bonchev–Trinajstić information content (AvgIpc) is 2.30. The molecule has 0 aromatic heterocycles. The lowest BCUT2D eigenvalue weighted by Gasteiger charge is -2.25. The highest BCUT2D eigenvalue weighted by Crippen LogP contribution is 2.31. The molecule has 1 nitrogen and oxygen atoms in total. The van der Waals surface area contributed by atoms with Gasteiger partial charge in [-0.15, -0.1) is 0 Å². The first-order chi connectivity index (χ1) is 8.15. The molecule has 0 amide bonds. The van der Waals surface area contributed by atoms with Crippen LogP contribution in [0.25, 0.3) is 0 Å². The summed E-state index contributed by atoms with van der Waals surface area (Å²) in [5.74, 6) is 2.04. The molecule has 0 bridgehead atoms. The summed E-state index contributed by atoms with van der Waals surface area (Å²) in [4.78, 5) is 0. The van der Waals surface area contributed by atoms with E-state index in [1.807, 2.05) is 0 Å². The van der Waals surface area contributed by atoms with Gasteiger partial charge in [-0.05, 0) is 43.1 Å². The van der Waals surface area contributed by atoms with E-state index >= 15 is 0 Å².